The van der Waals surface area contributed by atoms with E-state index in [9.17, 15) is 9.90 Å². The van der Waals surface area contributed by atoms with Crippen LogP contribution in [0.2, 0.25) is 0 Å². The van der Waals surface area contributed by atoms with Crippen LogP contribution in [0.25, 0.3) is 0 Å². The molecule has 0 spiro atoms. The van der Waals surface area contributed by atoms with Gasteiger partial charge in [-0.2, -0.15) is 0 Å². The van der Waals surface area contributed by atoms with Crippen molar-refractivity contribution in [2.45, 2.75) is 77.9 Å². The number of primary amides is 1. The second-order valence-electron chi connectivity index (χ2n) is 9.32. The van der Waals surface area contributed by atoms with E-state index in [1.807, 2.05) is 0 Å². The van der Waals surface area contributed by atoms with Crippen LogP contribution in [-0.2, 0) is 4.74 Å². The van der Waals surface area contributed by atoms with Crippen molar-refractivity contribution in [3.63, 3.8) is 0 Å². The van der Waals surface area contributed by atoms with Crippen molar-refractivity contribution >= 4 is 6.09 Å². The summed E-state index contributed by atoms with van der Waals surface area (Å²) in [4.78, 5) is 11.5. The van der Waals surface area contributed by atoms with E-state index in [0.717, 1.165) is 31.3 Å². The van der Waals surface area contributed by atoms with Gasteiger partial charge < -0.3 is 15.6 Å². The number of carbonyl (C=O) groups is 1. The van der Waals surface area contributed by atoms with Gasteiger partial charge >= 0.3 is 6.09 Å². The lowest BCUT2D eigenvalue weighted by Gasteiger charge is -2.60. The second-order valence-corrected chi connectivity index (χ2v) is 9.32. The van der Waals surface area contributed by atoms with Gasteiger partial charge in [-0.25, -0.2) is 4.79 Å². The van der Waals surface area contributed by atoms with Gasteiger partial charge in [0.2, 0.25) is 0 Å². The van der Waals surface area contributed by atoms with E-state index in [1.165, 1.54) is 0 Å². The van der Waals surface area contributed by atoms with Crippen molar-refractivity contribution in [2.24, 2.45) is 28.4 Å². The molecule has 0 aromatic rings. The maximum Gasteiger partial charge on any atom is 0.404 e. The molecule has 0 radical (unpaired) electrons. The topological polar surface area (TPSA) is 72.6 Å². The summed E-state index contributed by atoms with van der Waals surface area (Å²) in [5.41, 5.74) is 5.68. The number of hydrogen-bond acceptors (Lipinski definition) is 3. The van der Waals surface area contributed by atoms with E-state index in [2.05, 4.69) is 33.9 Å². The van der Waals surface area contributed by atoms with Gasteiger partial charge in [0.1, 0.15) is 6.10 Å². The molecule has 142 valence electrons. The molecule has 3 N–H and O–H groups in total. The Bertz CT molecular complexity index is 551. The van der Waals surface area contributed by atoms with Crippen molar-refractivity contribution in [1.82, 2.24) is 0 Å². The molecule has 1 amide bonds. The molecule has 2 saturated carbocycles. The average molecular weight is 350 g/mol. The molecule has 0 aromatic carbocycles. The van der Waals surface area contributed by atoms with Crippen LogP contribution in [0.1, 0.15) is 66.2 Å². The maximum absolute atomic E-state index is 11.5. The van der Waals surface area contributed by atoms with Crippen LogP contribution in [0, 0.1) is 22.7 Å². The van der Waals surface area contributed by atoms with Gasteiger partial charge in [-0.3, -0.25) is 0 Å². The van der Waals surface area contributed by atoms with Crippen molar-refractivity contribution < 1.29 is 14.6 Å². The SMILES string of the molecule is C=C[C@@](C)(O)CC[C@H]1C(=C)C[C@H](OC(N)=O)[C@H]2C(C)(C)CCC[C@]12C. The van der Waals surface area contributed by atoms with Crippen LogP contribution < -0.4 is 5.73 Å². The van der Waals surface area contributed by atoms with Gasteiger partial charge in [0.05, 0.1) is 5.60 Å². The van der Waals surface area contributed by atoms with Gasteiger partial charge in [-0.05, 0) is 49.4 Å². The third kappa shape index (κ3) is 3.94. The predicted molar refractivity (Wildman–Crippen MR) is 101 cm³/mol. The maximum atomic E-state index is 11.5. The van der Waals surface area contributed by atoms with E-state index in [0.29, 0.717) is 18.8 Å². The summed E-state index contributed by atoms with van der Waals surface area (Å²) in [5, 5.41) is 10.4. The molecule has 2 aliphatic rings. The first-order valence-electron chi connectivity index (χ1n) is 9.43. The summed E-state index contributed by atoms with van der Waals surface area (Å²) in [7, 11) is 0. The Labute approximate surface area is 152 Å². The van der Waals surface area contributed by atoms with E-state index >= 15 is 0 Å². The first-order chi connectivity index (χ1) is 11.4. The molecule has 0 saturated heterocycles. The summed E-state index contributed by atoms with van der Waals surface area (Å²) in [6.07, 6.45) is 6.25. The normalized spacial score (nSPS) is 36.8. The van der Waals surface area contributed by atoms with E-state index in [1.54, 1.807) is 13.0 Å². The minimum atomic E-state index is -0.864. The Kier molecular flexibility index (Phi) is 5.44. The highest BCUT2D eigenvalue weighted by molar-refractivity contribution is 5.65. The quantitative estimate of drug-likeness (QED) is 0.714. The highest BCUT2D eigenvalue weighted by Crippen LogP contribution is 2.62. The van der Waals surface area contributed by atoms with E-state index in [4.69, 9.17) is 10.5 Å². The fourth-order valence-electron chi connectivity index (χ4n) is 5.76. The molecule has 0 bridgehead atoms. The average Bonchev–Trinajstić information content (AvgIpc) is 2.44. The zero-order valence-electron chi connectivity index (χ0n) is 16.3. The van der Waals surface area contributed by atoms with Gasteiger partial charge in [0, 0.05) is 12.3 Å². The highest BCUT2D eigenvalue weighted by atomic mass is 16.6. The smallest absolute Gasteiger partial charge is 0.404 e. The molecule has 25 heavy (non-hydrogen) atoms. The summed E-state index contributed by atoms with van der Waals surface area (Å²) >= 11 is 0. The minimum Gasteiger partial charge on any atom is -0.446 e. The molecule has 2 fully saturated rings. The van der Waals surface area contributed by atoms with Gasteiger partial charge in [-0.1, -0.05) is 45.4 Å². The van der Waals surface area contributed by atoms with Gasteiger partial charge in [-0.15, -0.1) is 6.58 Å². The Hall–Kier alpha value is -1.29. The molecule has 0 heterocycles. The van der Waals surface area contributed by atoms with Crippen LogP contribution in [0.15, 0.2) is 24.8 Å². The summed E-state index contributed by atoms with van der Waals surface area (Å²) in [6, 6.07) is 0. The standard InChI is InChI=1S/C21H35NO3/c1-7-20(5,24)12-9-15-14(2)13-16(25-18(22)23)17-19(3,4)10-8-11-21(15,17)6/h7,15-17,24H,1-2,8-13H2,3-6H3,(H2,22,23)/t15-,16-,17-,20+,21+/m0/s1. The van der Waals surface area contributed by atoms with Crippen LogP contribution in [0.3, 0.4) is 0 Å². The number of rotatable bonds is 5. The van der Waals surface area contributed by atoms with E-state index in [-0.39, 0.29) is 22.9 Å². The molecule has 5 atom stereocenters. The fourth-order valence-corrected chi connectivity index (χ4v) is 5.76. The lowest BCUT2D eigenvalue weighted by Crippen LogP contribution is -2.56. The summed E-state index contributed by atoms with van der Waals surface area (Å²) in [5.74, 6) is 0.543. The number of aliphatic hydroxyl groups is 1. The highest BCUT2D eigenvalue weighted by Gasteiger charge is 2.57. The summed E-state index contributed by atoms with van der Waals surface area (Å²) < 4.78 is 5.56. The van der Waals surface area contributed by atoms with Crippen LogP contribution in [-0.4, -0.2) is 22.9 Å². The van der Waals surface area contributed by atoms with Crippen molar-refractivity contribution in [1.29, 1.82) is 0 Å². The van der Waals surface area contributed by atoms with Crippen molar-refractivity contribution in [2.75, 3.05) is 0 Å². The van der Waals surface area contributed by atoms with Gasteiger partial charge in [0.15, 0.2) is 0 Å². The molecule has 0 aromatic heterocycles. The first kappa shape index (κ1) is 20.0. The lowest BCUT2D eigenvalue weighted by atomic mass is 9.46. The zero-order valence-corrected chi connectivity index (χ0v) is 16.3. The second kappa shape index (κ2) is 6.79. The predicted octanol–water partition coefficient (Wildman–Crippen LogP) is 4.58. The molecular formula is C21H35NO3. The molecule has 2 rings (SSSR count). The Morgan fingerprint density at radius 3 is 2.64 bits per heavy atom. The number of amides is 1. The first-order valence-corrected chi connectivity index (χ1v) is 9.43. The van der Waals surface area contributed by atoms with Crippen molar-refractivity contribution in [3.05, 3.63) is 24.8 Å². The fraction of sp³-hybridized carbons (Fsp3) is 0.762. The molecule has 2 aliphatic carbocycles. The molecule has 4 heteroatoms. The Balaban J connectivity index is 2.35. The minimum absolute atomic E-state index is 0.00551. The Morgan fingerprint density at radius 2 is 2.08 bits per heavy atom. The third-order valence-electron chi connectivity index (χ3n) is 6.86. The molecule has 4 nitrogen and oxygen atoms in total. The Morgan fingerprint density at radius 1 is 1.44 bits per heavy atom. The van der Waals surface area contributed by atoms with Crippen molar-refractivity contribution in [3.8, 4) is 0 Å². The summed E-state index contributed by atoms with van der Waals surface area (Å²) in [6.45, 7) is 16.7. The van der Waals surface area contributed by atoms with Crippen LogP contribution in [0.5, 0.6) is 0 Å². The number of nitrogens with two attached hydrogens (primary N) is 1. The number of carbonyl (C=O) groups excluding carboxylic acids is 1. The molecule has 0 unspecified atom stereocenters. The van der Waals surface area contributed by atoms with E-state index < -0.39 is 11.7 Å². The number of fused-ring (bicyclic) bond motifs is 1. The largest absolute Gasteiger partial charge is 0.446 e. The van der Waals surface area contributed by atoms with Crippen LogP contribution >= 0.6 is 0 Å². The monoisotopic (exact) mass is 349 g/mol. The van der Waals surface area contributed by atoms with Gasteiger partial charge in [0.25, 0.3) is 0 Å². The number of ether oxygens (including phenoxy) is 1. The lowest BCUT2D eigenvalue weighted by molar-refractivity contribution is -0.124. The zero-order chi connectivity index (χ0) is 19.0. The van der Waals surface area contributed by atoms with Crippen LogP contribution in [0.4, 0.5) is 4.79 Å². The number of hydrogen-bond donors (Lipinski definition) is 2. The molecular weight excluding hydrogens is 314 g/mol. The third-order valence-corrected chi connectivity index (χ3v) is 6.86. The molecule has 0 aliphatic heterocycles.